The van der Waals surface area contributed by atoms with Crippen molar-refractivity contribution in [1.82, 2.24) is 28.8 Å². The van der Waals surface area contributed by atoms with Crippen molar-refractivity contribution >= 4 is 5.91 Å². The van der Waals surface area contributed by atoms with E-state index < -0.39 is 0 Å². The monoisotopic (exact) mass is 497 g/mol. The van der Waals surface area contributed by atoms with Crippen molar-refractivity contribution in [3.05, 3.63) is 82.7 Å². The molecule has 0 atom stereocenters. The van der Waals surface area contributed by atoms with Crippen molar-refractivity contribution in [3.63, 3.8) is 0 Å². The third-order valence-corrected chi connectivity index (χ3v) is 7.36. The fourth-order valence-electron chi connectivity index (χ4n) is 5.34. The Hall–Kier alpha value is -4.14. The Kier molecular flexibility index (Phi) is 5.70. The van der Waals surface area contributed by atoms with Crippen LogP contribution >= 0.6 is 0 Å². The summed E-state index contributed by atoms with van der Waals surface area (Å²) < 4.78 is 11.1. The van der Waals surface area contributed by atoms with Gasteiger partial charge in [-0.3, -0.25) is 19.9 Å². The average molecular weight is 498 g/mol. The number of rotatable bonds is 7. The zero-order chi connectivity index (χ0) is 25.7. The number of nitrogens with one attached hydrogen (secondary N) is 1. The molecule has 0 spiro atoms. The Morgan fingerprint density at radius 3 is 2.65 bits per heavy atom. The number of aromatic nitrogens is 5. The van der Waals surface area contributed by atoms with E-state index in [1.54, 1.807) is 19.4 Å². The second kappa shape index (κ2) is 9.06. The molecule has 0 radical (unpaired) electrons. The van der Waals surface area contributed by atoms with E-state index in [1.165, 1.54) is 0 Å². The van der Waals surface area contributed by atoms with Gasteiger partial charge in [0.05, 0.1) is 31.6 Å². The fraction of sp³-hybridized carbons (Fsp3) is 0.357. The summed E-state index contributed by atoms with van der Waals surface area (Å²) in [6.07, 6.45) is 10.7. The van der Waals surface area contributed by atoms with Gasteiger partial charge in [-0.15, -0.1) is 0 Å². The molecule has 1 saturated carbocycles. The number of pyridine rings is 1. The normalized spacial score (nSPS) is 15.2. The van der Waals surface area contributed by atoms with E-state index in [1.807, 2.05) is 63.4 Å². The molecule has 9 heteroatoms. The number of carbonyl (C=O) groups excluding carboxylic acids is 1. The van der Waals surface area contributed by atoms with Gasteiger partial charge in [-0.05, 0) is 61.1 Å². The molecule has 4 aromatic rings. The number of benzene rings is 1. The predicted molar refractivity (Wildman–Crippen MR) is 138 cm³/mol. The maximum atomic E-state index is 13.8. The molecule has 2 aliphatic rings. The van der Waals surface area contributed by atoms with Gasteiger partial charge in [0.25, 0.3) is 5.91 Å². The van der Waals surface area contributed by atoms with Gasteiger partial charge in [-0.25, -0.2) is 0 Å². The molecule has 0 unspecified atom stereocenters. The van der Waals surface area contributed by atoms with Crippen molar-refractivity contribution in [1.29, 1.82) is 5.41 Å². The second-order valence-corrected chi connectivity index (χ2v) is 10.0. The molecule has 9 nitrogen and oxygen atoms in total. The second-order valence-electron chi connectivity index (χ2n) is 10.0. The van der Waals surface area contributed by atoms with Crippen LogP contribution in [0, 0.1) is 12.3 Å². The number of amides is 1. The molecule has 37 heavy (non-hydrogen) atoms. The summed E-state index contributed by atoms with van der Waals surface area (Å²) >= 11 is 0. The summed E-state index contributed by atoms with van der Waals surface area (Å²) in [6, 6.07) is 8.32. The number of aryl methyl sites for hydroxylation is 2. The van der Waals surface area contributed by atoms with Crippen LogP contribution in [0.25, 0.3) is 11.1 Å². The van der Waals surface area contributed by atoms with Gasteiger partial charge >= 0.3 is 0 Å². The third-order valence-electron chi connectivity index (χ3n) is 7.36. The van der Waals surface area contributed by atoms with Gasteiger partial charge in [0.2, 0.25) is 5.62 Å². The molecule has 190 valence electrons. The summed E-state index contributed by atoms with van der Waals surface area (Å²) in [6.45, 7) is 3.58. The van der Waals surface area contributed by atoms with Crippen molar-refractivity contribution in [2.45, 2.75) is 45.3 Å². The minimum atomic E-state index is 0.00200. The molecule has 1 aromatic carbocycles. The molecule has 1 fully saturated rings. The molecule has 6 rings (SSSR count). The minimum Gasteiger partial charge on any atom is -0.497 e. The van der Waals surface area contributed by atoms with Crippen molar-refractivity contribution in [2.24, 2.45) is 7.05 Å². The standard InChI is InChI=1S/C28H31N7O2/c1-18-26(17-32(2)31-18)24-12-19(15-34-10-11-35(28(34)29)21-4-5-21)13-25-23(24)7-9-33(27(25)36)16-20-14-22(37-3)6-8-30-20/h6,8,10-14,17,21,29H,4-5,7,9,15-16H2,1-3H3. The minimum absolute atomic E-state index is 0.00200. The highest BCUT2D eigenvalue weighted by Crippen LogP contribution is 2.35. The van der Waals surface area contributed by atoms with Gasteiger partial charge in [-0.1, -0.05) is 0 Å². The lowest BCUT2D eigenvalue weighted by atomic mass is 9.88. The molecule has 1 aliphatic heterocycles. The SMILES string of the molecule is COc1ccnc(CN2CCc3c(cc(Cn4ccn(C5CC5)c4=N)cc3-c3cn(C)nc3C)C2=O)c1. The van der Waals surface area contributed by atoms with Crippen LogP contribution in [-0.4, -0.2) is 48.4 Å². The van der Waals surface area contributed by atoms with Gasteiger partial charge in [0.15, 0.2) is 0 Å². The molecular weight excluding hydrogens is 466 g/mol. The summed E-state index contributed by atoms with van der Waals surface area (Å²) in [7, 11) is 3.55. The highest BCUT2D eigenvalue weighted by atomic mass is 16.5. The highest BCUT2D eigenvalue weighted by Gasteiger charge is 2.29. The molecule has 0 bridgehead atoms. The summed E-state index contributed by atoms with van der Waals surface area (Å²) in [4.78, 5) is 20.1. The van der Waals surface area contributed by atoms with Crippen molar-refractivity contribution in [3.8, 4) is 16.9 Å². The highest BCUT2D eigenvalue weighted by molar-refractivity contribution is 5.99. The first kappa shape index (κ1) is 23.3. The number of hydrogen-bond donors (Lipinski definition) is 1. The van der Waals surface area contributed by atoms with Crippen LogP contribution in [0.15, 0.2) is 49.1 Å². The molecule has 1 amide bonds. The number of ether oxygens (including phenoxy) is 1. The first-order chi connectivity index (χ1) is 17.9. The van der Waals surface area contributed by atoms with Crippen molar-refractivity contribution < 1.29 is 9.53 Å². The van der Waals surface area contributed by atoms with E-state index in [9.17, 15) is 4.79 Å². The van der Waals surface area contributed by atoms with Crippen molar-refractivity contribution in [2.75, 3.05) is 13.7 Å². The van der Waals surface area contributed by atoms with Gasteiger partial charge in [0.1, 0.15) is 5.75 Å². The maximum absolute atomic E-state index is 13.8. The Morgan fingerprint density at radius 2 is 1.92 bits per heavy atom. The van der Waals surface area contributed by atoms with E-state index in [0.29, 0.717) is 31.3 Å². The molecular formula is C28H31N7O2. The van der Waals surface area contributed by atoms with E-state index in [2.05, 4.69) is 16.1 Å². The van der Waals surface area contributed by atoms with E-state index in [4.69, 9.17) is 10.1 Å². The lowest BCUT2D eigenvalue weighted by Crippen LogP contribution is -2.37. The third kappa shape index (κ3) is 4.34. The van der Waals surface area contributed by atoms with Crippen LogP contribution < -0.4 is 10.4 Å². The number of carbonyl (C=O) groups is 1. The molecule has 4 heterocycles. The van der Waals surface area contributed by atoms with E-state index in [-0.39, 0.29) is 5.91 Å². The first-order valence-corrected chi connectivity index (χ1v) is 12.7. The van der Waals surface area contributed by atoms with E-state index in [0.717, 1.165) is 64.2 Å². The molecule has 3 aromatic heterocycles. The first-order valence-electron chi connectivity index (χ1n) is 12.7. The number of methoxy groups -OCH3 is 1. The fourth-order valence-corrected chi connectivity index (χ4v) is 5.34. The number of imidazole rings is 1. The molecule has 1 N–H and O–H groups in total. The number of hydrogen-bond acceptors (Lipinski definition) is 5. The van der Waals surface area contributed by atoms with Crippen LogP contribution in [0.2, 0.25) is 0 Å². The zero-order valence-electron chi connectivity index (χ0n) is 21.4. The summed E-state index contributed by atoms with van der Waals surface area (Å²) in [5, 5.41) is 13.2. The molecule has 1 aliphatic carbocycles. The Balaban J connectivity index is 1.39. The van der Waals surface area contributed by atoms with Crippen LogP contribution in [0.4, 0.5) is 0 Å². The average Bonchev–Trinajstić information content (AvgIpc) is 3.59. The predicted octanol–water partition coefficient (Wildman–Crippen LogP) is 3.46. The number of fused-ring (bicyclic) bond motifs is 1. The lowest BCUT2D eigenvalue weighted by molar-refractivity contribution is 0.0725. The Labute approximate surface area is 215 Å². The smallest absolute Gasteiger partial charge is 0.254 e. The quantitative estimate of drug-likeness (QED) is 0.423. The van der Waals surface area contributed by atoms with Gasteiger partial charge in [0, 0.05) is 61.6 Å². The topological polar surface area (TPSA) is 94.0 Å². The Bertz CT molecular complexity index is 1560. The van der Waals surface area contributed by atoms with Crippen LogP contribution in [0.5, 0.6) is 5.75 Å². The lowest BCUT2D eigenvalue weighted by Gasteiger charge is -2.30. The van der Waals surface area contributed by atoms with Crippen LogP contribution in [0.3, 0.4) is 0 Å². The Morgan fingerprint density at radius 1 is 1.11 bits per heavy atom. The van der Waals surface area contributed by atoms with Gasteiger partial charge < -0.3 is 18.8 Å². The largest absolute Gasteiger partial charge is 0.497 e. The summed E-state index contributed by atoms with van der Waals surface area (Å²) in [5.74, 6) is 0.731. The maximum Gasteiger partial charge on any atom is 0.254 e. The summed E-state index contributed by atoms with van der Waals surface area (Å²) in [5.41, 5.74) is 7.11. The van der Waals surface area contributed by atoms with Crippen LogP contribution in [-0.2, 0) is 26.6 Å². The van der Waals surface area contributed by atoms with Crippen LogP contribution in [0.1, 0.15) is 51.8 Å². The van der Waals surface area contributed by atoms with Gasteiger partial charge in [-0.2, -0.15) is 5.10 Å². The van der Waals surface area contributed by atoms with E-state index >= 15 is 0 Å². The molecule has 0 saturated heterocycles. The number of nitrogens with zero attached hydrogens (tertiary/aromatic N) is 6. The zero-order valence-corrected chi connectivity index (χ0v) is 21.4.